The van der Waals surface area contributed by atoms with Crippen LogP contribution in [-0.4, -0.2) is 68.5 Å². The Labute approximate surface area is 381 Å². The normalized spacial score (nSPS) is 15.1. The molecule has 62 heavy (non-hydrogen) atoms. The molecule has 0 bridgehead atoms. The lowest BCUT2D eigenvalue weighted by Crippen LogP contribution is -2.46. The van der Waals surface area contributed by atoms with E-state index >= 15 is 0 Å². The van der Waals surface area contributed by atoms with E-state index in [2.05, 4.69) is 129 Å². The molecule has 3 unspecified atom stereocenters. The third-order valence-corrected chi connectivity index (χ3v) is 11.0. The summed E-state index contributed by atoms with van der Waals surface area (Å²) in [6.07, 6.45) is 63.5. The number of rotatable bonds is 42. The first-order valence-electron chi connectivity index (χ1n) is 24.2. The van der Waals surface area contributed by atoms with Gasteiger partial charge in [-0.1, -0.05) is 187 Å². The van der Waals surface area contributed by atoms with Crippen molar-refractivity contribution < 1.29 is 32.9 Å². The molecule has 0 rings (SSSR count). The van der Waals surface area contributed by atoms with Gasteiger partial charge in [0.2, 0.25) is 5.91 Å². The first kappa shape index (κ1) is 59.2. The van der Waals surface area contributed by atoms with Gasteiger partial charge in [-0.3, -0.25) is 9.36 Å². The van der Waals surface area contributed by atoms with E-state index in [1.165, 1.54) is 38.5 Å². The average Bonchev–Trinajstić information content (AvgIpc) is 3.23. The lowest BCUT2D eigenvalue weighted by atomic mass is 10.0. The second kappa shape index (κ2) is 43.4. The Morgan fingerprint density at radius 1 is 0.581 bits per heavy atom. The highest BCUT2D eigenvalue weighted by molar-refractivity contribution is 7.45. The monoisotopic (exact) mass is 883 g/mol. The van der Waals surface area contributed by atoms with Crippen LogP contribution in [0, 0.1) is 0 Å². The van der Waals surface area contributed by atoms with Gasteiger partial charge in [0.05, 0.1) is 39.9 Å². The summed E-state index contributed by atoms with van der Waals surface area (Å²) in [5, 5.41) is 13.5. The highest BCUT2D eigenvalue weighted by Gasteiger charge is 2.24. The van der Waals surface area contributed by atoms with Crippen molar-refractivity contribution in [1.29, 1.82) is 0 Å². The SMILES string of the molecule is CC/C=C\C/C=C\C/C=C\C/C=C\C/C=C\C/C=C\C/C=C\C/C=C\C/C=C\CCCCCCCCCCCC(=O)NC(COP(=O)([O-])OCC[N+](C)(C)C)C(O)CCCCC. The predicted molar refractivity (Wildman–Crippen MR) is 265 cm³/mol. The molecule has 0 radical (unpaired) electrons. The van der Waals surface area contributed by atoms with Crippen molar-refractivity contribution >= 4 is 13.7 Å². The molecule has 0 aliphatic heterocycles. The van der Waals surface area contributed by atoms with Gasteiger partial charge in [-0.05, 0) is 83.5 Å². The Morgan fingerprint density at radius 3 is 1.40 bits per heavy atom. The summed E-state index contributed by atoms with van der Waals surface area (Å²) in [5.41, 5.74) is 0. The molecule has 0 fully saturated rings. The van der Waals surface area contributed by atoms with E-state index in [4.69, 9.17) is 9.05 Å². The topological polar surface area (TPSA) is 108 Å². The molecule has 2 N–H and O–H groups in total. The smallest absolute Gasteiger partial charge is 0.268 e. The van der Waals surface area contributed by atoms with Gasteiger partial charge < -0.3 is 28.8 Å². The molecule has 0 saturated carbocycles. The number of allylic oxidation sites excluding steroid dienone is 18. The minimum absolute atomic E-state index is 0.00374. The molecule has 0 aliphatic carbocycles. The first-order valence-corrected chi connectivity index (χ1v) is 25.7. The van der Waals surface area contributed by atoms with Crippen molar-refractivity contribution in [2.45, 2.75) is 180 Å². The van der Waals surface area contributed by atoms with Crippen molar-refractivity contribution in [3.05, 3.63) is 109 Å². The van der Waals surface area contributed by atoms with Crippen LogP contribution < -0.4 is 10.2 Å². The third kappa shape index (κ3) is 45.2. The number of carbonyl (C=O) groups excluding carboxylic acids is 1. The summed E-state index contributed by atoms with van der Waals surface area (Å²) >= 11 is 0. The van der Waals surface area contributed by atoms with Gasteiger partial charge in [-0.25, -0.2) is 0 Å². The van der Waals surface area contributed by atoms with E-state index in [1.807, 2.05) is 21.1 Å². The van der Waals surface area contributed by atoms with Crippen LogP contribution in [0.5, 0.6) is 0 Å². The second-order valence-corrected chi connectivity index (χ2v) is 18.5. The van der Waals surface area contributed by atoms with Crippen LogP contribution in [0.25, 0.3) is 0 Å². The number of nitrogens with one attached hydrogen (secondary N) is 1. The van der Waals surface area contributed by atoms with Gasteiger partial charge in [-0.15, -0.1) is 0 Å². The summed E-state index contributed by atoms with van der Waals surface area (Å²) in [6, 6.07) is -0.806. The number of unbranched alkanes of at least 4 members (excludes halogenated alkanes) is 11. The quantitative estimate of drug-likeness (QED) is 0.0274. The zero-order valence-electron chi connectivity index (χ0n) is 40.0. The summed E-state index contributed by atoms with van der Waals surface area (Å²) in [5.74, 6) is -0.189. The average molecular weight is 883 g/mol. The van der Waals surface area contributed by atoms with Crippen molar-refractivity contribution in [3.8, 4) is 0 Å². The number of carbonyl (C=O) groups is 1. The fourth-order valence-electron chi connectivity index (χ4n) is 6.21. The van der Waals surface area contributed by atoms with Crippen molar-refractivity contribution in [2.24, 2.45) is 0 Å². The number of hydrogen-bond acceptors (Lipinski definition) is 6. The molecular weight excluding hydrogens is 792 g/mol. The van der Waals surface area contributed by atoms with E-state index < -0.39 is 20.0 Å². The number of aliphatic hydroxyl groups is 1. The molecule has 0 aromatic heterocycles. The lowest BCUT2D eigenvalue weighted by molar-refractivity contribution is -0.870. The number of amides is 1. The molecule has 0 spiro atoms. The molecule has 9 heteroatoms. The standard InChI is InChI=1S/C53H91N2O6P/c1-6-8-10-11-12-13-14-15-16-17-18-19-20-21-22-23-24-25-26-27-28-29-30-31-32-33-34-35-36-37-38-39-40-41-42-43-45-47-53(57)54-51(52(56)46-44-9-7-2)50-61-62(58,59)60-49-48-55(3,4)5/h8,10,12-13,15-16,18-19,21-22,24-25,27-28,30-31,33-34,51-52,56H,6-7,9,11,14,17,20,23,26,29,32,35-50H2,1-5H3,(H-,54,57,58,59)/b10-8-,13-12-,16-15-,19-18-,22-21-,25-24-,28-27-,31-30-,34-33-. The molecule has 1 amide bonds. The van der Waals surface area contributed by atoms with E-state index in [0.717, 1.165) is 103 Å². The zero-order chi connectivity index (χ0) is 45.7. The van der Waals surface area contributed by atoms with Crippen LogP contribution in [-0.2, 0) is 18.4 Å². The summed E-state index contributed by atoms with van der Waals surface area (Å²) in [6.45, 7) is 4.40. The van der Waals surface area contributed by atoms with Gasteiger partial charge in [0.1, 0.15) is 13.2 Å². The van der Waals surface area contributed by atoms with E-state index in [1.54, 1.807) is 0 Å². The Balaban J connectivity index is 3.88. The molecule has 0 saturated heterocycles. The van der Waals surface area contributed by atoms with E-state index in [9.17, 15) is 19.4 Å². The molecule has 0 aromatic carbocycles. The van der Waals surface area contributed by atoms with Gasteiger partial charge in [0.15, 0.2) is 0 Å². The number of aliphatic hydroxyl groups excluding tert-OH is 1. The van der Waals surface area contributed by atoms with Gasteiger partial charge in [0.25, 0.3) is 7.82 Å². The number of quaternary nitrogens is 1. The number of nitrogens with zero attached hydrogens (tertiary/aromatic N) is 1. The minimum Gasteiger partial charge on any atom is -0.756 e. The van der Waals surface area contributed by atoms with Crippen molar-refractivity contribution in [1.82, 2.24) is 5.32 Å². The highest BCUT2D eigenvalue weighted by atomic mass is 31.2. The predicted octanol–water partition coefficient (Wildman–Crippen LogP) is 13.4. The van der Waals surface area contributed by atoms with E-state index in [-0.39, 0.29) is 19.1 Å². The van der Waals surface area contributed by atoms with Crippen LogP contribution in [0.2, 0.25) is 0 Å². The Bertz CT molecular complexity index is 1370. The summed E-state index contributed by atoms with van der Waals surface area (Å²) < 4.78 is 22.9. The first-order chi connectivity index (χ1) is 30.0. The fraction of sp³-hybridized carbons (Fsp3) is 0.642. The summed E-state index contributed by atoms with van der Waals surface area (Å²) in [7, 11) is 1.27. The van der Waals surface area contributed by atoms with Crippen molar-refractivity contribution in [2.75, 3.05) is 40.9 Å². The fourth-order valence-corrected chi connectivity index (χ4v) is 6.93. The summed E-state index contributed by atoms with van der Waals surface area (Å²) in [4.78, 5) is 25.0. The van der Waals surface area contributed by atoms with Gasteiger partial charge >= 0.3 is 0 Å². The maximum atomic E-state index is 12.7. The van der Waals surface area contributed by atoms with Crippen LogP contribution in [0.4, 0.5) is 0 Å². The highest BCUT2D eigenvalue weighted by Crippen LogP contribution is 2.38. The Morgan fingerprint density at radius 2 is 0.984 bits per heavy atom. The maximum Gasteiger partial charge on any atom is 0.268 e. The molecule has 3 atom stereocenters. The number of hydrogen-bond donors (Lipinski definition) is 2. The third-order valence-electron chi connectivity index (χ3n) is 10.0. The molecule has 0 aromatic rings. The lowest BCUT2D eigenvalue weighted by Gasteiger charge is -2.30. The van der Waals surface area contributed by atoms with Gasteiger partial charge in [0, 0.05) is 6.42 Å². The number of phosphoric acid groups is 1. The van der Waals surface area contributed by atoms with Crippen LogP contribution in [0.3, 0.4) is 0 Å². The minimum atomic E-state index is -4.55. The van der Waals surface area contributed by atoms with E-state index in [0.29, 0.717) is 23.9 Å². The Hall–Kier alpha value is -2.84. The molecule has 8 nitrogen and oxygen atoms in total. The van der Waals surface area contributed by atoms with Crippen LogP contribution in [0.1, 0.15) is 168 Å². The second-order valence-electron chi connectivity index (χ2n) is 17.1. The maximum absolute atomic E-state index is 12.7. The molecule has 0 heterocycles. The molecule has 0 aliphatic rings. The zero-order valence-corrected chi connectivity index (χ0v) is 40.9. The number of phosphoric ester groups is 1. The molecule has 354 valence electrons. The molecular formula is C53H91N2O6P. The van der Waals surface area contributed by atoms with Gasteiger partial charge in [-0.2, -0.15) is 0 Å². The number of likely N-dealkylation sites (N-methyl/N-ethyl adjacent to an activating group) is 1. The largest absolute Gasteiger partial charge is 0.756 e. The van der Waals surface area contributed by atoms with Crippen LogP contribution >= 0.6 is 7.82 Å². The van der Waals surface area contributed by atoms with Crippen molar-refractivity contribution in [3.63, 3.8) is 0 Å². The Kier molecular flexibility index (Phi) is 41.4. The van der Waals surface area contributed by atoms with Crippen LogP contribution in [0.15, 0.2) is 109 Å².